The second-order valence-electron chi connectivity index (χ2n) is 2.54. The van der Waals surface area contributed by atoms with E-state index in [1.54, 1.807) is 0 Å². The molecule has 2 rings (SSSR count). The molecule has 0 aliphatic carbocycles. The highest BCUT2D eigenvalue weighted by atomic mass is 127. The molecule has 0 aliphatic rings. The molecule has 1 nitrogen and oxygen atoms in total. The summed E-state index contributed by atoms with van der Waals surface area (Å²) in [5, 5.41) is 0. The molecule has 0 spiro atoms. The molecule has 0 fully saturated rings. The molecule has 0 radical (unpaired) electrons. The van der Waals surface area contributed by atoms with Crippen LogP contribution in [0.25, 0.3) is 5.69 Å². The minimum atomic E-state index is 1.21. The smallest absolute Gasteiger partial charge is 0.0843 e. The molecule has 1 heterocycles. The average molecular weight is 269 g/mol. The largest absolute Gasteiger partial charge is 0.312 e. The summed E-state index contributed by atoms with van der Waals surface area (Å²) in [5.74, 6) is 0. The number of rotatable bonds is 1. The number of hydrogen-bond donors (Lipinski definition) is 0. The van der Waals surface area contributed by atoms with E-state index in [-0.39, 0.29) is 0 Å². The first-order valence-corrected chi connectivity index (χ1v) is 4.84. The lowest BCUT2D eigenvalue weighted by atomic mass is 10.3. The van der Waals surface area contributed by atoms with Crippen LogP contribution >= 0.6 is 22.6 Å². The summed E-state index contributed by atoms with van der Waals surface area (Å²) in [6.45, 7) is 0. The third kappa shape index (κ3) is 1.39. The minimum Gasteiger partial charge on any atom is -0.312 e. The summed E-state index contributed by atoms with van der Waals surface area (Å²) in [7, 11) is 0. The van der Waals surface area contributed by atoms with Gasteiger partial charge in [0.2, 0.25) is 0 Å². The molecular weight excluding hydrogens is 261 g/mol. The molecular formula is C10H8IN. The van der Waals surface area contributed by atoms with Crippen LogP contribution in [0.5, 0.6) is 0 Å². The fourth-order valence-electron chi connectivity index (χ4n) is 1.16. The number of para-hydroxylation sites is 1. The standard InChI is InChI=1S/C10H8IN/c11-10-7-4-8-12(10)9-5-2-1-3-6-9/h1-8H. The summed E-state index contributed by atoms with van der Waals surface area (Å²) in [5.41, 5.74) is 1.21. The van der Waals surface area contributed by atoms with Crippen LogP contribution in [-0.2, 0) is 0 Å². The first-order valence-electron chi connectivity index (χ1n) is 3.76. The van der Waals surface area contributed by atoms with E-state index >= 15 is 0 Å². The van der Waals surface area contributed by atoms with Crippen molar-refractivity contribution in [3.8, 4) is 5.69 Å². The van der Waals surface area contributed by atoms with Crippen LogP contribution in [0.15, 0.2) is 48.7 Å². The van der Waals surface area contributed by atoms with Crippen molar-refractivity contribution in [1.82, 2.24) is 4.57 Å². The van der Waals surface area contributed by atoms with Gasteiger partial charge in [-0.1, -0.05) is 18.2 Å². The SMILES string of the molecule is Ic1cccn1-c1ccccc1. The zero-order valence-corrected chi connectivity index (χ0v) is 8.60. The summed E-state index contributed by atoms with van der Waals surface area (Å²) in [6.07, 6.45) is 2.07. The first kappa shape index (κ1) is 7.86. The average Bonchev–Trinajstić information content (AvgIpc) is 2.53. The van der Waals surface area contributed by atoms with Crippen molar-refractivity contribution in [2.75, 3.05) is 0 Å². The molecule has 1 aromatic heterocycles. The highest BCUT2D eigenvalue weighted by molar-refractivity contribution is 14.1. The van der Waals surface area contributed by atoms with E-state index in [1.807, 2.05) is 18.2 Å². The maximum absolute atomic E-state index is 2.32. The Balaban J connectivity index is 2.51. The van der Waals surface area contributed by atoms with Crippen LogP contribution in [0.1, 0.15) is 0 Å². The van der Waals surface area contributed by atoms with Gasteiger partial charge in [-0.15, -0.1) is 0 Å². The topological polar surface area (TPSA) is 4.93 Å². The predicted octanol–water partition coefficient (Wildman–Crippen LogP) is 3.08. The zero-order chi connectivity index (χ0) is 8.39. The van der Waals surface area contributed by atoms with Crippen molar-refractivity contribution in [2.24, 2.45) is 0 Å². The first-order chi connectivity index (χ1) is 5.88. The van der Waals surface area contributed by atoms with E-state index in [9.17, 15) is 0 Å². The van der Waals surface area contributed by atoms with Crippen molar-refractivity contribution < 1.29 is 0 Å². The lowest BCUT2D eigenvalue weighted by molar-refractivity contribution is 1.05. The normalized spacial score (nSPS) is 10.1. The van der Waals surface area contributed by atoms with Crippen molar-refractivity contribution in [1.29, 1.82) is 0 Å². The molecule has 2 aromatic rings. The van der Waals surface area contributed by atoms with E-state index in [0.717, 1.165) is 0 Å². The lowest BCUT2D eigenvalue weighted by Gasteiger charge is -2.03. The molecule has 0 amide bonds. The van der Waals surface area contributed by atoms with E-state index in [2.05, 4.69) is 57.6 Å². The Morgan fingerprint density at radius 3 is 2.25 bits per heavy atom. The number of aromatic nitrogens is 1. The maximum Gasteiger partial charge on any atom is 0.0843 e. The summed E-state index contributed by atoms with van der Waals surface area (Å²) >= 11 is 2.32. The molecule has 0 saturated carbocycles. The van der Waals surface area contributed by atoms with Crippen molar-refractivity contribution in [3.63, 3.8) is 0 Å². The number of nitrogens with zero attached hydrogens (tertiary/aromatic N) is 1. The van der Waals surface area contributed by atoms with Crippen LogP contribution in [0.4, 0.5) is 0 Å². The van der Waals surface area contributed by atoms with E-state index < -0.39 is 0 Å². The molecule has 0 N–H and O–H groups in total. The zero-order valence-electron chi connectivity index (χ0n) is 6.44. The van der Waals surface area contributed by atoms with Crippen molar-refractivity contribution in [3.05, 3.63) is 52.4 Å². The lowest BCUT2D eigenvalue weighted by Crippen LogP contribution is -1.92. The van der Waals surface area contributed by atoms with Crippen LogP contribution in [-0.4, -0.2) is 4.57 Å². The third-order valence-electron chi connectivity index (χ3n) is 1.73. The van der Waals surface area contributed by atoms with Gasteiger partial charge in [0.1, 0.15) is 0 Å². The minimum absolute atomic E-state index is 1.21. The Labute approximate surface area is 85.2 Å². The number of halogens is 1. The Kier molecular flexibility index (Phi) is 2.17. The van der Waals surface area contributed by atoms with E-state index in [1.165, 1.54) is 9.39 Å². The molecule has 0 saturated heterocycles. The van der Waals surface area contributed by atoms with Gasteiger partial charge in [-0.05, 0) is 46.9 Å². The molecule has 2 heteroatoms. The molecule has 0 aliphatic heterocycles. The molecule has 0 bridgehead atoms. The van der Waals surface area contributed by atoms with Crippen LogP contribution in [0.2, 0.25) is 0 Å². The van der Waals surface area contributed by atoms with Crippen molar-refractivity contribution in [2.45, 2.75) is 0 Å². The van der Waals surface area contributed by atoms with E-state index in [4.69, 9.17) is 0 Å². The number of benzene rings is 1. The maximum atomic E-state index is 2.32. The van der Waals surface area contributed by atoms with Gasteiger partial charge in [0.05, 0.1) is 3.70 Å². The molecule has 0 unspecified atom stereocenters. The highest BCUT2D eigenvalue weighted by Gasteiger charge is 1.96. The second-order valence-corrected chi connectivity index (χ2v) is 3.64. The molecule has 12 heavy (non-hydrogen) atoms. The quantitative estimate of drug-likeness (QED) is 0.701. The summed E-state index contributed by atoms with van der Waals surface area (Å²) < 4.78 is 3.39. The van der Waals surface area contributed by atoms with Gasteiger partial charge in [-0.25, -0.2) is 0 Å². The third-order valence-corrected chi connectivity index (χ3v) is 2.61. The number of hydrogen-bond acceptors (Lipinski definition) is 0. The van der Waals surface area contributed by atoms with Gasteiger partial charge in [0.15, 0.2) is 0 Å². The Bertz CT molecular complexity index is 364. The van der Waals surface area contributed by atoms with Gasteiger partial charge >= 0.3 is 0 Å². The van der Waals surface area contributed by atoms with E-state index in [0.29, 0.717) is 0 Å². The van der Waals surface area contributed by atoms with Gasteiger partial charge in [0, 0.05) is 11.9 Å². The van der Waals surface area contributed by atoms with Crippen LogP contribution < -0.4 is 0 Å². The molecule has 60 valence electrons. The second kappa shape index (κ2) is 3.31. The fraction of sp³-hybridized carbons (Fsp3) is 0. The van der Waals surface area contributed by atoms with Crippen molar-refractivity contribution >= 4 is 22.6 Å². The Morgan fingerprint density at radius 1 is 0.917 bits per heavy atom. The van der Waals surface area contributed by atoms with Gasteiger partial charge < -0.3 is 4.57 Å². The van der Waals surface area contributed by atoms with Gasteiger partial charge in [-0.3, -0.25) is 0 Å². The Hall–Kier alpha value is -0.770. The fourth-order valence-corrected chi connectivity index (χ4v) is 1.80. The monoisotopic (exact) mass is 269 g/mol. The summed E-state index contributed by atoms with van der Waals surface area (Å²) in [6, 6.07) is 14.5. The van der Waals surface area contributed by atoms with Gasteiger partial charge in [-0.2, -0.15) is 0 Å². The van der Waals surface area contributed by atoms with Crippen LogP contribution in [0.3, 0.4) is 0 Å². The highest BCUT2D eigenvalue weighted by Crippen LogP contribution is 2.13. The van der Waals surface area contributed by atoms with Crippen LogP contribution in [0, 0.1) is 3.70 Å². The molecule has 0 atom stereocenters. The summed E-state index contributed by atoms with van der Waals surface area (Å²) in [4.78, 5) is 0. The van der Waals surface area contributed by atoms with Gasteiger partial charge in [0.25, 0.3) is 0 Å². The Morgan fingerprint density at radius 2 is 1.67 bits per heavy atom. The molecule has 1 aromatic carbocycles. The predicted molar refractivity (Wildman–Crippen MR) is 58.5 cm³/mol.